The van der Waals surface area contributed by atoms with Crippen LogP contribution in [0.1, 0.15) is 73.5 Å². The molecule has 0 spiro atoms. The Morgan fingerprint density at radius 3 is 2.05 bits per heavy atom. The Labute approximate surface area is 226 Å². The third kappa shape index (κ3) is 9.69. The molecule has 0 radical (unpaired) electrons. The van der Waals surface area contributed by atoms with E-state index in [2.05, 4.69) is 40.4 Å². The van der Waals surface area contributed by atoms with Crippen LogP contribution in [0.4, 0.5) is 0 Å². The molecule has 0 saturated heterocycles. The van der Waals surface area contributed by atoms with Gasteiger partial charge < -0.3 is 18.6 Å². The molecule has 0 bridgehead atoms. The second-order valence-electron chi connectivity index (χ2n) is 12.6. The minimum atomic E-state index is -2.21. The molecule has 0 unspecified atom stereocenters. The molecule has 0 aromatic heterocycles. The summed E-state index contributed by atoms with van der Waals surface area (Å²) in [5.41, 5.74) is 0.144. The van der Waals surface area contributed by atoms with Crippen LogP contribution in [0, 0.1) is 17.3 Å². The van der Waals surface area contributed by atoms with Gasteiger partial charge in [-0.2, -0.15) is 0 Å². The van der Waals surface area contributed by atoms with Gasteiger partial charge in [-0.15, -0.1) is 6.58 Å². The number of hydrogen-bond acceptors (Lipinski definition) is 6. The average molecular weight is 535 g/mol. The second kappa shape index (κ2) is 13.7. The van der Waals surface area contributed by atoms with Crippen LogP contribution in [-0.2, 0) is 28.2 Å². The monoisotopic (exact) mass is 534 g/mol. The maximum Gasteiger partial charge on any atom is 0.340 e. The van der Waals surface area contributed by atoms with Gasteiger partial charge in [-0.25, -0.2) is 4.79 Å². The van der Waals surface area contributed by atoms with Crippen molar-refractivity contribution < 1.29 is 28.2 Å². The van der Waals surface area contributed by atoms with Gasteiger partial charge in [0.05, 0.1) is 18.1 Å². The Morgan fingerprint density at radius 1 is 1.03 bits per heavy atom. The van der Waals surface area contributed by atoms with Crippen LogP contribution in [0.25, 0.3) is 0 Å². The topological polar surface area (TPSA) is 71.1 Å². The molecule has 1 aromatic carbocycles. The minimum Gasteiger partial charge on any atom is -0.465 e. The first-order valence-corrected chi connectivity index (χ1v) is 16.1. The SMILES string of the molecule is C=CC[C@H](OC(=O)[C@H](OC)c1ccccc1)[C@@H](C)[C@@H](O[Si](C)(C)C(C)(C)C)[C@@H](C)COC(=O)C(C)(C)C. The van der Waals surface area contributed by atoms with Crippen LogP contribution < -0.4 is 0 Å². The molecular formula is C30H50O6Si. The average Bonchev–Trinajstić information content (AvgIpc) is 2.79. The van der Waals surface area contributed by atoms with E-state index in [4.69, 9.17) is 18.6 Å². The van der Waals surface area contributed by atoms with Gasteiger partial charge in [-0.05, 0) is 44.5 Å². The van der Waals surface area contributed by atoms with Crippen molar-refractivity contribution in [2.24, 2.45) is 17.3 Å². The van der Waals surface area contributed by atoms with Crippen molar-refractivity contribution >= 4 is 20.3 Å². The first-order valence-electron chi connectivity index (χ1n) is 13.2. The highest BCUT2D eigenvalue weighted by Gasteiger charge is 2.44. The van der Waals surface area contributed by atoms with E-state index in [9.17, 15) is 9.59 Å². The third-order valence-corrected chi connectivity index (χ3v) is 11.7. The standard InChI is InChI=1S/C30H50O6Si/c1-13-17-24(35-27(31)26(33-10)23-18-15-14-16-19-23)22(3)25(36-37(11,12)30(7,8)9)21(2)20-34-28(32)29(4,5)6/h13-16,18-19,21-22,24-26H,1,17,20H2,2-12H3/t21-,22+,24-,25-,26+/m0/s1. The van der Waals surface area contributed by atoms with Crippen LogP contribution in [-0.4, -0.2) is 46.2 Å². The van der Waals surface area contributed by atoms with Gasteiger partial charge in [0, 0.05) is 25.4 Å². The van der Waals surface area contributed by atoms with Crippen LogP contribution in [0.2, 0.25) is 18.1 Å². The van der Waals surface area contributed by atoms with Crippen LogP contribution >= 0.6 is 0 Å². The molecule has 7 heteroatoms. The van der Waals surface area contributed by atoms with Crippen molar-refractivity contribution in [3.8, 4) is 0 Å². The molecule has 1 aromatic rings. The highest BCUT2D eigenvalue weighted by Crippen LogP contribution is 2.40. The number of methoxy groups -OCH3 is 1. The molecule has 37 heavy (non-hydrogen) atoms. The summed E-state index contributed by atoms with van der Waals surface area (Å²) in [5.74, 6) is -1.01. The predicted molar refractivity (Wildman–Crippen MR) is 152 cm³/mol. The molecule has 0 heterocycles. The van der Waals surface area contributed by atoms with Crippen LogP contribution in [0.5, 0.6) is 0 Å². The fourth-order valence-corrected chi connectivity index (χ4v) is 5.21. The molecule has 5 atom stereocenters. The summed E-state index contributed by atoms with van der Waals surface area (Å²) in [6.07, 6.45) is 0.605. The third-order valence-electron chi connectivity index (χ3n) is 7.21. The number of rotatable bonds is 13. The number of ether oxygens (including phenoxy) is 3. The van der Waals surface area contributed by atoms with Crippen LogP contribution in [0.3, 0.4) is 0 Å². The molecule has 0 amide bonds. The van der Waals surface area contributed by atoms with E-state index in [1.807, 2.05) is 65.0 Å². The summed E-state index contributed by atoms with van der Waals surface area (Å²) < 4.78 is 24.2. The Hall–Kier alpha value is -1.96. The number of hydrogen-bond donors (Lipinski definition) is 0. The smallest absolute Gasteiger partial charge is 0.340 e. The van der Waals surface area contributed by atoms with E-state index in [1.54, 1.807) is 6.08 Å². The first-order chi connectivity index (χ1) is 17.0. The van der Waals surface area contributed by atoms with Gasteiger partial charge in [-0.3, -0.25) is 4.79 Å². The zero-order valence-corrected chi connectivity index (χ0v) is 25.9. The van der Waals surface area contributed by atoms with Gasteiger partial charge in [-0.1, -0.05) is 71.0 Å². The van der Waals surface area contributed by atoms with E-state index >= 15 is 0 Å². The maximum absolute atomic E-state index is 13.2. The maximum atomic E-state index is 13.2. The van der Waals surface area contributed by atoms with Gasteiger partial charge in [0.15, 0.2) is 14.4 Å². The summed E-state index contributed by atoms with van der Waals surface area (Å²) >= 11 is 0. The molecule has 0 aliphatic carbocycles. The lowest BCUT2D eigenvalue weighted by Crippen LogP contribution is -2.50. The van der Waals surface area contributed by atoms with Crippen molar-refractivity contribution in [2.45, 2.75) is 98.3 Å². The Bertz CT molecular complexity index is 868. The molecule has 0 fully saturated rings. The predicted octanol–water partition coefficient (Wildman–Crippen LogP) is 7.11. The molecule has 1 rings (SSSR count). The molecule has 6 nitrogen and oxygen atoms in total. The van der Waals surface area contributed by atoms with Crippen molar-refractivity contribution in [3.63, 3.8) is 0 Å². The lowest BCUT2D eigenvalue weighted by molar-refractivity contribution is -0.167. The summed E-state index contributed by atoms with van der Waals surface area (Å²) in [6, 6.07) is 9.30. The zero-order chi connectivity index (χ0) is 28.6. The van der Waals surface area contributed by atoms with E-state index in [0.29, 0.717) is 6.42 Å². The van der Waals surface area contributed by atoms with E-state index < -0.39 is 31.9 Å². The summed E-state index contributed by atoms with van der Waals surface area (Å²) in [4.78, 5) is 25.7. The van der Waals surface area contributed by atoms with Crippen molar-refractivity contribution in [2.75, 3.05) is 13.7 Å². The lowest BCUT2D eigenvalue weighted by Gasteiger charge is -2.44. The second-order valence-corrected chi connectivity index (χ2v) is 17.3. The van der Waals surface area contributed by atoms with Crippen molar-refractivity contribution in [1.29, 1.82) is 0 Å². The normalized spacial score (nSPS) is 16.7. The van der Waals surface area contributed by atoms with E-state index in [0.717, 1.165) is 5.56 Å². The Kier molecular flexibility index (Phi) is 12.3. The quantitative estimate of drug-likeness (QED) is 0.152. The summed E-state index contributed by atoms with van der Waals surface area (Å²) in [7, 11) is -0.708. The summed E-state index contributed by atoms with van der Waals surface area (Å²) in [5, 5.41) is -0.0220. The highest BCUT2D eigenvalue weighted by atomic mass is 28.4. The molecule has 0 aliphatic heterocycles. The van der Waals surface area contributed by atoms with E-state index in [1.165, 1.54) is 7.11 Å². The number of carbonyl (C=O) groups is 2. The molecular weight excluding hydrogens is 484 g/mol. The molecule has 210 valence electrons. The van der Waals surface area contributed by atoms with Crippen molar-refractivity contribution in [1.82, 2.24) is 0 Å². The van der Waals surface area contributed by atoms with Gasteiger partial charge in [0.25, 0.3) is 0 Å². The highest BCUT2D eigenvalue weighted by molar-refractivity contribution is 6.74. The summed E-state index contributed by atoms with van der Waals surface area (Å²) in [6.45, 7) is 24.7. The van der Waals surface area contributed by atoms with Gasteiger partial charge >= 0.3 is 11.9 Å². The van der Waals surface area contributed by atoms with Gasteiger partial charge in [0.2, 0.25) is 0 Å². The van der Waals surface area contributed by atoms with Crippen LogP contribution in [0.15, 0.2) is 43.0 Å². The molecule has 0 N–H and O–H groups in total. The van der Waals surface area contributed by atoms with Crippen molar-refractivity contribution in [3.05, 3.63) is 48.6 Å². The number of benzene rings is 1. The largest absolute Gasteiger partial charge is 0.465 e. The fraction of sp³-hybridized carbons (Fsp3) is 0.667. The Balaban J connectivity index is 3.25. The van der Waals surface area contributed by atoms with Gasteiger partial charge in [0.1, 0.15) is 6.10 Å². The zero-order valence-electron chi connectivity index (χ0n) is 24.9. The lowest BCUT2D eigenvalue weighted by atomic mass is 9.88. The number of esters is 2. The molecule has 0 aliphatic rings. The fourth-order valence-electron chi connectivity index (χ4n) is 3.73. The Morgan fingerprint density at radius 2 is 1.59 bits per heavy atom. The molecule has 0 saturated carbocycles. The first kappa shape index (κ1) is 33.1. The van der Waals surface area contributed by atoms with E-state index in [-0.39, 0.29) is 35.6 Å². The minimum absolute atomic E-state index is 0.0220. The number of carbonyl (C=O) groups excluding carboxylic acids is 2.